The fourth-order valence-corrected chi connectivity index (χ4v) is 2.32. The molecule has 0 spiro atoms. The highest BCUT2D eigenvalue weighted by Gasteiger charge is 2.06. The number of hydrazine groups is 1. The van der Waals surface area contributed by atoms with Gasteiger partial charge < -0.3 is 0 Å². The third kappa shape index (κ3) is 5.16. The summed E-state index contributed by atoms with van der Waals surface area (Å²) in [6.07, 6.45) is 2.07. The molecule has 0 aliphatic rings. The molecule has 0 saturated carbocycles. The van der Waals surface area contributed by atoms with E-state index in [-0.39, 0.29) is 0 Å². The number of rotatable bonds is 7. The van der Waals surface area contributed by atoms with Crippen LogP contribution in [0, 0.1) is 0 Å². The van der Waals surface area contributed by atoms with E-state index in [9.17, 15) is 0 Å². The van der Waals surface area contributed by atoms with Gasteiger partial charge in [0.05, 0.1) is 0 Å². The number of hydrogen-bond donors (Lipinski definition) is 2. The molecule has 20 heavy (non-hydrogen) atoms. The molecule has 0 amide bonds. The second kappa shape index (κ2) is 7.83. The summed E-state index contributed by atoms with van der Waals surface area (Å²) in [6, 6.07) is 22.0. The van der Waals surface area contributed by atoms with E-state index in [2.05, 4.69) is 85.4 Å². The first-order valence-electron chi connectivity index (χ1n) is 7.33. The van der Waals surface area contributed by atoms with E-state index in [0.717, 1.165) is 12.8 Å². The van der Waals surface area contributed by atoms with Gasteiger partial charge in [0.15, 0.2) is 0 Å². The molecule has 0 unspecified atom stereocenters. The largest absolute Gasteiger partial charge is 0.254 e. The van der Waals surface area contributed by atoms with Crippen LogP contribution in [0.2, 0.25) is 0 Å². The highest BCUT2D eigenvalue weighted by molar-refractivity contribution is 5.16. The third-order valence-electron chi connectivity index (χ3n) is 3.35. The van der Waals surface area contributed by atoms with Crippen LogP contribution in [0.25, 0.3) is 0 Å². The van der Waals surface area contributed by atoms with Gasteiger partial charge in [-0.1, -0.05) is 60.7 Å². The van der Waals surface area contributed by atoms with E-state index in [0.29, 0.717) is 12.1 Å². The molecule has 2 aromatic carbocycles. The Labute approximate surface area is 122 Å². The molecular formula is C18H24N2. The van der Waals surface area contributed by atoms with Crippen LogP contribution in [-0.4, -0.2) is 12.1 Å². The van der Waals surface area contributed by atoms with Crippen molar-refractivity contribution in [1.82, 2.24) is 10.9 Å². The summed E-state index contributed by atoms with van der Waals surface area (Å²) in [5.74, 6) is 0. The molecule has 0 heterocycles. The van der Waals surface area contributed by atoms with Crippen LogP contribution in [0.5, 0.6) is 0 Å². The van der Waals surface area contributed by atoms with E-state index in [1.807, 2.05) is 0 Å². The van der Waals surface area contributed by atoms with Crippen LogP contribution in [0.3, 0.4) is 0 Å². The fraction of sp³-hybridized carbons (Fsp3) is 0.333. The van der Waals surface area contributed by atoms with Crippen LogP contribution >= 0.6 is 0 Å². The van der Waals surface area contributed by atoms with Gasteiger partial charge in [-0.05, 0) is 37.8 Å². The minimum absolute atomic E-state index is 0.413. The minimum Gasteiger partial charge on any atom is -0.254 e. The van der Waals surface area contributed by atoms with Gasteiger partial charge >= 0.3 is 0 Å². The maximum Gasteiger partial charge on any atom is 0.0225 e. The van der Waals surface area contributed by atoms with E-state index in [1.54, 1.807) is 0 Å². The molecule has 2 rings (SSSR count). The van der Waals surface area contributed by atoms with Gasteiger partial charge in [-0.3, -0.25) is 10.9 Å². The molecule has 2 heteroatoms. The monoisotopic (exact) mass is 268 g/mol. The zero-order chi connectivity index (χ0) is 14.2. The molecule has 2 aromatic rings. The average Bonchev–Trinajstić information content (AvgIpc) is 2.47. The van der Waals surface area contributed by atoms with E-state index >= 15 is 0 Å². The summed E-state index contributed by atoms with van der Waals surface area (Å²) in [4.78, 5) is 0. The molecule has 0 fully saturated rings. The highest BCUT2D eigenvalue weighted by Crippen LogP contribution is 2.04. The van der Waals surface area contributed by atoms with Gasteiger partial charge in [-0.25, -0.2) is 0 Å². The summed E-state index contributed by atoms with van der Waals surface area (Å²) >= 11 is 0. The first-order valence-corrected chi connectivity index (χ1v) is 7.33. The normalized spacial score (nSPS) is 13.9. The summed E-state index contributed by atoms with van der Waals surface area (Å²) in [6.45, 7) is 4.41. The van der Waals surface area contributed by atoms with Gasteiger partial charge in [0, 0.05) is 12.1 Å². The van der Waals surface area contributed by atoms with Gasteiger partial charge in [0.2, 0.25) is 0 Å². The van der Waals surface area contributed by atoms with Crippen molar-refractivity contribution in [3.63, 3.8) is 0 Å². The van der Waals surface area contributed by atoms with Crippen LogP contribution in [0.15, 0.2) is 60.7 Å². The Morgan fingerprint density at radius 2 is 1.00 bits per heavy atom. The summed E-state index contributed by atoms with van der Waals surface area (Å²) in [5.41, 5.74) is 9.53. The standard InChI is InChI=1S/C18H24N2/c1-15(13-17-9-5-3-6-10-17)19-20-16(2)14-18-11-7-4-8-12-18/h3-12,15-16,19-20H,13-14H2,1-2H3/t15-,16-/m0/s1. The number of benzene rings is 2. The Morgan fingerprint density at radius 1 is 0.650 bits per heavy atom. The zero-order valence-electron chi connectivity index (χ0n) is 12.3. The first-order chi connectivity index (χ1) is 9.74. The lowest BCUT2D eigenvalue weighted by Gasteiger charge is -2.19. The molecule has 106 valence electrons. The van der Waals surface area contributed by atoms with Gasteiger partial charge in [0.1, 0.15) is 0 Å². The molecule has 0 aliphatic carbocycles. The maximum atomic E-state index is 3.40. The average molecular weight is 268 g/mol. The molecule has 0 aliphatic heterocycles. The lowest BCUT2D eigenvalue weighted by atomic mass is 10.1. The Morgan fingerprint density at radius 3 is 1.35 bits per heavy atom. The third-order valence-corrected chi connectivity index (χ3v) is 3.35. The quantitative estimate of drug-likeness (QED) is 0.753. The Hall–Kier alpha value is -1.64. The summed E-state index contributed by atoms with van der Waals surface area (Å²) < 4.78 is 0. The molecule has 0 aromatic heterocycles. The highest BCUT2D eigenvalue weighted by atomic mass is 15.4. The summed E-state index contributed by atoms with van der Waals surface area (Å²) in [5, 5.41) is 0. The Kier molecular flexibility index (Phi) is 5.78. The topological polar surface area (TPSA) is 24.1 Å². The van der Waals surface area contributed by atoms with Crippen LogP contribution in [0.4, 0.5) is 0 Å². The molecule has 0 saturated heterocycles. The lowest BCUT2D eigenvalue weighted by molar-refractivity contribution is 0.394. The van der Waals surface area contributed by atoms with E-state index < -0.39 is 0 Å². The van der Waals surface area contributed by atoms with Crippen molar-refractivity contribution in [2.75, 3.05) is 0 Å². The molecule has 2 nitrogen and oxygen atoms in total. The van der Waals surface area contributed by atoms with E-state index in [1.165, 1.54) is 11.1 Å². The van der Waals surface area contributed by atoms with Crippen molar-refractivity contribution >= 4 is 0 Å². The SMILES string of the molecule is C[C@@H](Cc1ccccc1)NN[C@@H](C)Cc1ccccc1. The summed E-state index contributed by atoms with van der Waals surface area (Å²) in [7, 11) is 0. The zero-order valence-corrected chi connectivity index (χ0v) is 12.3. The molecule has 0 radical (unpaired) electrons. The number of nitrogens with one attached hydrogen (secondary N) is 2. The maximum absolute atomic E-state index is 3.40. The lowest BCUT2D eigenvalue weighted by Crippen LogP contribution is -2.45. The van der Waals surface area contributed by atoms with Gasteiger partial charge in [0.25, 0.3) is 0 Å². The molecule has 2 N–H and O–H groups in total. The minimum atomic E-state index is 0.413. The van der Waals surface area contributed by atoms with Crippen molar-refractivity contribution in [3.8, 4) is 0 Å². The second-order valence-electron chi connectivity index (χ2n) is 5.47. The first kappa shape index (κ1) is 14.8. The van der Waals surface area contributed by atoms with Crippen molar-refractivity contribution in [2.24, 2.45) is 0 Å². The van der Waals surface area contributed by atoms with Crippen molar-refractivity contribution < 1.29 is 0 Å². The van der Waals surface area contributed by atoms with Gasteiger partial charge in [-0.15, -0.1) is 0 Å². The van der Waals surface area contributed by atoms with Crippen LogP contribution in [0.1, 0.15) is 25.0 Å². The van der Waals surface area contributed by atoms with Crippen LogP contribution < -0.4 is 10.9 Å². The van der Waals surface area contributed by atoms with Gasteiger partial charge in [-0.2, -0.15) is 0 Å². The fourth-order valence-electron chi connectivity index (χ4n) is 2.32. The van der Waals surface area contributed by atoms with Crippen molar-refractivity contribution in [1.29, 1.82) is 0 Å². The smallest absolute Gasteiger partial charge is 0.0225 e. The van der Waals surface area contributed by atoms with Crippen LogP contribution in [-0.2, 0) is 12.8 Å². The second-order valence-corrected chi connectivity index (χ2v) is 5.47. The molecular weight excluding hydrogens is 244 g/mol. The Balaban J connectivity index is 1.71. The Bertz CT molecular complexity index is 434. The predicted molar refractivity (Wildman–Crippen MR) is 85.5 cm³/mol. The van der Waals surface area contributed by atoms with E-state index in [4.69, 9.17) is 0 Å². The molecule has 2 atom stereocenters. The van der Waals surface area contributed by atoms with Crippen molar-refractivity contribution in [2.45, 2.75) is 38.8 Å². The molecule has 0 bridgehead atoms. The number of hydrogen-bond acceptors (Lipinski definition) is 2. The van der Waals surface area contributed by atoms with Crippen molar-refractivity contribution in [3.05, 3.63) is 71.8 Å². The predicted octanol–water partition coefficient (Wildman–Crippen LogP) is 3.34.